The molecule has 0 saturated heterocycles. The zero-order valence-corrected chi connectivity index (χ0v) is 31.8. The van der Waals surface area contributed by atoms with Crippen molar-refractivity contribution in [1.29, 1.82) is 0 Å². The Morgan fingerprint density at radius 3 is 2.44 bits per heavy atom. The fourth-order valence-electron chi connectivity index (χ4n) is 7.51. The van der Waals surface area contributed by atoms with Crippen LogP contribution in [0, 0.1) is 12.8 Å². The fraction of sp³-hybridized carbons (Fsp3) is 0.350. The van der Waals surface area contributed by atoms with E-state index in [0.717, 1.165) is 72.5 Å². The minimum absolute atomic E-state index is 0.0223. The number of carbonyl (C=O) groups is 2. The van der Waals surface area contributed by atoms with E-state index in [1.54, 1.807) is 53.4 Å². The molecule has 2 amide bonds. The highest BCUT2D eigenvalue weighted by Gasteiger charge is 2.24. The van der Waals surface area contributed by atoms with Crippen LogP contribution in [0.5, 0.6) is 0 Å². The number of allylic oxidation sites excluding steroid dienone is 2. The summed E-state index contributed by atoms with van der Waals surface area (Å²) < 4.78 is 3.57. The Morgan fingerprint density at radius 1 is 0.852 bits per heavy atom. The first-order valence-electron chi connectivity index (χ1n) is 18.5. The number of nitrogens with zero attached hydrogens (tertiary/aromatic N) is 6. The predicted molar refractivity (Wildman–Crippen MR) is 214 cm³/mol. The molecule has 8 rings (SSSR count). The van der Waals surface area contributed by atoms with E-state index >= 15 is 0 Å². The summed E-state index contributed by atoms with van der Waals surface area (Å²) in [5.41, 5.74) is 2.86. The average Bonchev–Trinajstić information content (AvgIpc) is 3.79. The summed E-state index contributed by atoms with van der Waals surface area (Å²) in [5.74, 6) is 1.07. The van der Waals surface area contributed by atoms with Crippen LogP contribution in [0.25, 0.3) is 27.4 Å². The van der Waals surface area contributed by atoms with Gasteiger partial charge in [-0.05, 0) is 100 Å². The zero-order chi connectivity index (χ0) is 37.3. The molecule has 0 spiro atoms. The van der Waals surface area contributed by atoms with Crippen LogP contribution in [0.2, 0.25) is 0 Å². The van der Waals surface area contributed by atoms with Crippen molar-refractivity contribution >= 4 is 72.7 Å². The zero-order valence-electron chi connectivity index (χ0n) is 30.2. The summed E-state index contributed by atoms with van der Waals surface area (Å²) in [6.07, 6.45) is 13.6. The molecule has 0 aliphatic carbocycles. The van der Waals surface area contributed by atoms with Crippen LogP contribution in [0.3, 0.4) is 0 Å². The van der Waals surface area contributed by atoms with Gasteiger partial charge in [0, 0.05) is 52.9 Å². The Kier molecular flexibility index (Phi) is 10.0. The van der Waals surface area contributed by atoms with Crippen molar-refractivity contribution in [3.8, 4) is 0 Å². The Labute approximate surface area is 319 Å². The minimum atomic E-state index is -0.307. The molecule has 1 unspecified atom stereocenters. The van der Waals surface area contributed by atoms with Gasteiger partial charge >= 0.3 is 0 Å². The Bertz CT molecular complexity index is 2580. The van der Waals surface area contributed by atoms with Crippen LogP contribution in [-0.4, -0.2) is 40.9 Å². The second-order valence-corrected chi connectivity index (χ2v) is 16.4. The first kappa shape index (κ1) is 35.7. The number of thiazole rings is 2. The van der Waals surface area contributed by atoms with E-state index in [-0.39, 0.29) is 28.9 Å². The Hall–Kier alpha value is -5.34. The number of hydrogen-bond donors (Lipinski definition) is 2. The fourth-order valence-corrected chi connectivity index (χ4v) is 9.09. The smallest absolute Gasteiger partial charge is 0.284 e. The molecule has 14 heteroatoms. The van der Waals surface area contributed by atoms with E-state index in [9.17, 15) is 19.2 Å². The van der Waals surface area contributed by atoms with Gasteiger partial charge in [0.15, 0.2) is 10.1 Å². The number of benzene rings is 2. The summed E-state index contributed by atoms with van der Waals surface area (Å²) in [4.78, 5) is 73.8. The van der Waals surface area contributed by atoms with Gasteiger partial charge < -0.3 is 5.32 Å². The van der Waals surface area contributed by atoms with Crippen molar-refractivity contribution in [3.05, 3.63) is 108 Å². The number of aryl methyl sites for hydroxylation is 2. The van der Waals surface area contributed by atoms with Gasteiger partial charge in [-0.25, -0.2) is 19.9 Å². The van der Waals surface area contributed by atoms with Gasteiger partial charge in [0.05, 0.1) is 21.8 Å². The van der Waals surface area contributed by atoms with Crippen molar-refractivity contribution in [2.75, 3.05) is 10.6 Å². The number of nitrogens with one attached hydrogen (secondary N) is 2. The molecule has 0 radical (unpaired) electrons. The van der Waals surface area contributed by atoms with Crippen molar-refractivity contribution in [3.63, 3.8) is 0 Å². The first-order chi connectivity index (χ1) is 26.2. The highest BCUT2D eigenvalue weighted by molar-refractivity contribution is 7.15. The van der Waals surface area contributed by atoms with Gasteiger partial charge in [-0.1, -0.05) is 18.9 Å². The monoisotopic (exact) mass is 760 g/mol. The van der Waals surface area contributed by atoms with E-state index in [1.165, 1.54) is 22.7 Å². The van der Waals surface area contributed by atoms with E-state index in [1.807, 2.05) is 24.5 Å². The molecule has 0 fully saturated rings. The van der Waals surface area contributed by atoms with Crippen LogP contribution in [0.1, 0.15) is 93.4 Å². The molecule has 2 aliphatic heterocycles. The second-order valence-electron chi connectivity index (χ2n) is 14.1. The molecular formula is C40H40N8O4S2. The van der Waals surface area contributed by atoms with E-state index in [0.29, 0.717) is 68.5 Å². The lowest BCUT2D eigenvalue weighted by Gasteiger charge is -2.24. The van der Waals surface area contributed by atoms with Crippen LogP contribution in [0.4, 0.5) is 10.8 Å². The Morgan fingerprint density at radius 2 is 1.63 bits per heavy atom. The van der Waals surface area contributed by atoms with Crippen LogP contribution < -0.4 is 21.8 Å². The normalized spacial score (nSPS) is 16.9. The molecule has 2 aliphatic rings. The van der Waals surface area contributed by atoms with Crippen LogP contribution >= 0.6 is 22.7 Å². The summed E-state index contributed by atoms with van der Waals surface area (Å²) in [6, 6.07) is 10.3. The van der Waals surface area contributed by atoms with Gasteiger partial charge in [0.25, 0.3) is 22.9 Å². The number of carbonyl (C=O) groups excluding carboxylic acids is 2. The molecule has 276 valence electrons. The topological polar surface area (TPSA) is 154 Å². The number of anilines is 2. The number of rotatable bonds is 6. The largest absolute Gasteiger partial charge is 0.320 e. The maximum Gasteiger partial charge on any atom is 0.284 e. The summed E-state index contributed by atoms with van der Waals surface area (Å²) in [5, 5.41) is 7.70. The van der Waals surface area contributed by atoms with Gasteiger partial charge in [-0.2, -0.15) is 0 Å². The second kappa shape index (κ2) is 15.2. The van der Waals surface area contributed by atoms with Gasteiger partial charge in [-0.15, -0.1) is 22.7 Å². The molecule has 6 heterocycles. The number of hydrogen-bond acceptors (Lipinski definition) is 10. The van der Waals surface area contributed by atoms with E-state index < -0.39 is 0 Å². The standard InChI is InChI=1S/C40H40N8O4S2/c1-3-25-17-24(9-8-16-48-34(25)45-31-19-26(11-13-29(31)39(48)52)35(49)46-40-42-21-23(2)53-40)18-28-22-41-37(54-28)36(50)43-27-12-14-30-32(20-27)44-33-10-6-4-5-7-15-47(33)38(30)51/h3,11-14,19-22,24H,4-10,15-18H2,1-2H3,(H,43,50)(H,42,46,49). The van der Waals surface area contributed by atoms with Gasteiger partial charge in [0.1, 0.15) is 11.6 Å². The molecule has 4 aromatic heterocycles. The SMILES string of the molecule is CC=C1CC(Cc2cnc(C(=O)Nc3ccc4c(=O)n5c(nc4c3)CCCCCC5)s2)CCCn2c1nc1cc(C(=O)Nc3ncc(C)s3)ccc1c2=O. The third-order valence-electron chi connectivity index (χ3n) is 10.3. The van der Waals surface area contributed by atoms with Crippen LogP contribution in [0.15, 0.2) is 64.5 Å². The molecule has 6 aromatic rings. The Balaban J connectivity index is 0.971. The molecule has 2 N–H and O–H groups in total. The van der Waals surface area contributed by atoms with Gasteiger partial charge in [0.2, 0.25) is 0 Å². The van der Waals surface area contributed by atoms with Crippen molar-refractivity contribution < 1.29 is 9.59 Å². The summed E-state index contributed by atoms with van der Waals surface area (Å²) in [7, 11) is 0. The highest BCUT2D eigenvalue weighted by Crippen LogP contribution is 2.32. The molecular weight excluding hydrogens is 721 g/mol. The summed E-state index contributed by atoms with van der Waals surface area (Å²) >= 11 is 2.77. The van der Waals surface area contributed by atoms with Crippen molar-refractivity contribution in [2.24, 2.45) is 5.92 Å². The lowest BCUT2D eigenvalue weighted by molar-refractivity contribution is 0.101. The molecule has 12 nitrogen and oxygen atoms in total. The molecule has 1 atom stereocenters. The van der Waals surface area contributed by atoms with Crippen LogP contribution in [-0.2, 0) is 25.9 Å². The number of aromatic nitrogens is 6. The quantitative estimate of drug-likeness (QED) is 0.178. The third kappa shape index (κ3) is 7.27. The lowest BCUT2D eigenvalue weighted by Crippen LogP contribution is -2.28. The first-order valence-corrected chi connectivity index (χ1v) is 20.1. The van der Waals surface area contributed by atoms with E-state index in [2.05, 4.69) is 20.6 Å². The maximum atomic E-state index is 13.7. The molecule has 0 bridgehead atoms. The number of amides is 2. The molecule has 2 aromatic carbocycles. The molecule has 0 saturated carbocycles. The third-order valence-corrected chi connectivity index (χ3v) is 12.1. The van der Waals surface area contributed by atoms with E-state index in [4.69, 9.17) is 9.97 Å². The lowest BCUT2D eigenvalue weighted by atomic mass is 9.89. The minimum Gasteiger partial charge on any atom is -0.320 e. The van der Waals surface area contributed by atoms with Crippen molar-refractivity contribution in [2.45, 2.75) is 84.7 Å². The molecule has 54 heavy (non-hydrogen) atoms. The summed E-state index contributed by atoms with van der Waals surface area (Å²) in [6.45, 7) is 5.11. The average molecular weight is 761 g/mol. The highest BCUT2D eigenvalue weighted by atomic mass is 32.1. The van der Waals surface area contributed by atoms with Crippen molar-refractivity contribution in [1.82, 2.24) is 29.1 Å². The predicted octanol–water partition coefficient (Wildman–Crippen LogP) is 7.40. The maximum absolute atomic E-state index is 13.7. The van der Waals surface area contributed by atoms with Gasteiger partial charge in [-0.3, -0.25) is 33.6 Å². The number of fused-ring (bicyclic) bond motifs is 4.